The Morgan fingerprint density at radius 2 is 2.08 bits per heavy atom. The van der Waals surface area contributed by atoms with Crippen molar-refractivity contribution in [3.05, 3.63) is 29.0 Å². The van der Waals surface area contributed by atoms with Gasteiger partial charge in [-0.15, -0.1) is 11.3 Å². The predicted molar refractivity (Wildman–Crippen MR) is 93.9 cm³/mol. The van der Waals surface area contributed by atoms with Gasteiger partial charge in [0.15, 0.2) is 10.8 Å². The van der Waals surface area contributed by atoms with Crippen LogP contribution in [0.2, 0.25) is 0 Å². The van der Waals surface area contributed by atoms with Gasteiger partial charge >= 0.3 is 0 Å². The standard InChI is InChI=1S/C18H24N2O3S/c1-13-6-7-15(23-13)17-20-14(11-24-17)10-16(21)19-12-18(22)8-4-2-3-5-9-18/h6-7,11,22H,2-5,8-10,12H2,1H3,(H,19,21). The molecule has 0 unspecified atom stereocenters. The number of nitrogens with zero attached hydrogens (tertiary/aromatic N) is 1. The van der Waals surface area contributed by atoms with Crippen LogP contribution in [0, 0.1) is 6.92 Å². The highest BCUT2D eigenvalue weighted by atomic mass is 32.1. The summed E-state index contributed by atoms with van der Waals surface area (Å²) >= 11 is 1.47. The summed E-state index contributed by atoms with van der Waals surface area (Å²) in [5.41, 5.74) is -0.0140. The van der Waals surface area contributed by atoms with Crippen LogP contribution in [-0.4, -0.2) is 28.1 Å². The lowest BCUT2D eigenvalue weighted by Gasteiger charge is -2.26. The summed E-state index contributed by atoms with van der Waals surface area (Å²) in [5, 5.41) is 16.1. The quantitative estimate of drug-likeness (QED) is 0.812. The third-order valence-electron chi connectivity index (χ3n) is 4.49. The van der Waals surface area contributed by atoms with Crippen molar-refractivity contribution in [1.29, 1.82) is 0 Å². The van der Waals surface area contributed by atoms with Crippen molar-refractivity contribution in [2.45, 2.75) is 57.5 Å². The average molecular weight is 348 g/mol. The van der Waals surface area contributed by atoms with Crippen molar-refractivity contribution in [3.63, 3.8) is 0 Å². The number of aryl methyl sites for hydroxylation is 1. The Kier molecular flexibility index (Phi) is 5.36. The lowest BCUT2D eigenvalue weighted by molar-refractivity contribution is -0.121. The number of rotatable bonds is 5. The highest BCUT2D eigenvalue weighted by Gasteiger charge is 2.28. The lowest BCUT2D eigenvalue weighted by Crippen LogP contribution is -2.43. The number of furan rings is 1. The fourth-order valence-electron chi connectivity index (χ4n) is 3.10. The Balaban J connectivity index is 1.52. The molecule has 0 bridgehead atoms. The van der Waals surface area contributed by atoms with Gasteiger partial charge in [0.05, 0.1) is 17.7 Å². The monoisotopic (exact) mass is 348 g/mol. The van der Waals surface area contributed by atoms with Crippen molar-refractivity contribution < 1.29 is 14.3 Å². The summed E-state index contributed by atoms with van der Waals surface area (Å²) in [6, 6.07) is 3.79. The van der Waals surface area contributed by atoms with E-state index < -0.39 is 5.60 Å². The Bertz CT molecular complexity index is 684. The van der Waals surface area contributed by atoms with E-state index in [2.05, 4.69) is 10.3 Å². The Morgan fingerprint density at radius 3 is 2.75 bits per heavy atom. The van der Waals surface area contributed by atoms with Crippen LogP contribution in [0.5, 0.6) is 0 Å². The van der Waals surface area contributed by atoms with Crippen LogP contribution >= 0.6 is 11.3 Å². The van der Waals surface area contributed by atoms with Gasteiger partial charge in [-0.3, -0.25) is 4.79 Å². The molecule has 130 valence electrons. The first kappa shape index (κ1) is 17.2. The molecule has 1 aliphatic carbocycles. The molecule has 3 rings (SSSR count). The van der Waals surface area contributed by atoms with Crippen LogP contribution in [0.15, 0.2) is 21.9 Å². The van der Waals surface area contributed by atoms with E-state index in [-0.39, 0.29) is 12.3 Å². The summed E-state index contributed by atoms with van der Waals surface area (Å²) in [6.07, 6.45) is 6.17. The topological polar surface area (TPSA) is 75.4 Å². The fourth-order valence-corrected chi connectivity index (χ4v) is 3.88. The number of hydrogen-bond donors (Lipinski definition) is 2. The summed E-state index contributed by atoms with van der Waals surface area (Å²) in [5.74, 6) is 1.48. The van der Waals surface area contributed by atoms with E-state index in [4.69, 9.17) is 4.42 Å². The van der Waals surface area contributed by atoms with E-state index >= 15 is 0 Å². The molecular formula is C18H24N2O3S. The minimum absolute atomic E-state index is 0.0971. The van der Waals surface area contributed by atoms with Crippen LogP contribution in [0.1, 0.15) is 50.0 Å². The smallest absolute Gasteiger partial charge is 0.226 e. The van der Waals surface area contributed by atoms with Crippen LogP contribution in [0.25, 0.3) is 10.8 Å². The van der Waals surface area contributed by atoms with Gasteiger partial charge in [0.1, 0.15) is 5.76 Å². The van der Waals surface area contributed by atoms with Crippen LogP contribution < -0.4 is 5.32 Å². The fraction of sp³-hybridized carbons (Fsp3) is 0.556. The Morgan fingerprint density at radius 1 is 1.33 bits per heavy atom. The van der Waals surface area contributed by atoms with Crippen molar-refractivity contribution in [1.82, 2.24) is 10.3 Å². The zero-order valence-corrected chi connectivity index (χ0v) is 14.8. The largest absolute Gasteiger partial charge is 0.459 e. The molecule has 2 N–H and O–H groups in total. The zero-order chi connectivity index (χ0) is 17.0. The molecule has 0 saturated heterocycles. The van der Waals surface area contributed by atoms with Gasteiger partial charge < -0.3 is 14.8 Å². The molecule has 0 atom stereocenters. The number of aliphatic hydroxyl groups is 1. The summed E-state index contributed by atoms with van der Waals surface area (Å²) in [6.45, 7) is 2.23. The predicted octanol–water partition coefficient (Wildman–Crippen LogP) is 3.46. The van der Waals surface area contributed by atoms with E-state index in [1.165, 1.54) is 24.2 Å². The van der Waals surface area contributed by atoms with E-state index in [1.807, 2.05) is 24.4 Å². The lowest BCUT2D eigenvalue weighted by atomic mass is 9.94. The third-order valence-corrected chi connectivity index (χ3v) is 5.40. The van der Waals surface area contributed by atoms with E-state index in [0.717, 1.165) is 47.9 Å². The summed E-state index contributed by atoms with van der Waals surface area (Å²) in [7, 11) is 0. The molecule has 1 aliphatic rings. The number of nitrogens with one attached hydrogen (secondary N) is 1. The maximum Gasteiger partial charge on any atom is 0.226 e. The summed E-state index contributed by atoms with van der Waals surface area (Å²) in [4.78, 5) is 16.6. The van der Waals surface area contributed by atoms with Gasteiger partial charge in [-0.2, -0.15) is 0 Å². The maximum absolute atomic E-state index is 12.2. The molecule has 1 amide bonds. The normalized spacial score (nSPS) is 17.4. The molecular weight excluding hydrogens is 324 g/mol. The van der Waals surface area contributed by atoms with Crippen molar-refractivity contribution in [2.75, 3.05) is 6.54 Å². The van der Waals surface area contributed by atoms with Gasteiger partial charge in [-0.05, 0) is 31.9 Å². The Hall–Kier alpha value is -1.66. The molecule has 0 radical (unpaired) electrons. The molecule has 5 nitrogen and oxygen atoms in total. The van der Waals surface area contributed by atoms with E-state index in [1.54, 1.807) is 0 Å². The molecule has 2 aromatic heterocycles. The van der Waals surface area contributed by atoms with Crippen molar-refractivity contribution in [2.24, 2.45) is 0 Å². The number of carbonyl (C=O) groups is 1. The number of hydrogen-bond acceptors (Lipinski definition) is 5. The number of carbonyl (C=O) groups excluding carboxylic acids is 1. The average Bonchev–Trinajstić information content (AvgIpc) is 3.12. The first-order valence-corrected chi connectivity index (χ1v) is 9.42. The first-order chi connectivity index (χ1) is 11.5. The highest BCUT2D eigenvalue weighted by molar-refractivity contribution is 7.13. The van der Waals surface area contributed by atoms with Gasteiger partial charge in [-0.1, -0.05) is 25.7 Å². The van der Waals surface area contributed by atoms with Gasteiger partial charge in [0.2, 0.25) is 5.91 Å². The minimum atomic E-state index is -0.745. The van der Waals surface area contributed by atoms with Gasteiger partial charge in [0, 0.05) is 11.9 Å². The number of amides is 1. The van der Waals surface area contributed by atoms with Crippen molar-refractivity contribution in [3.8, 4) is 10.8 Å². The molecule has 24 heavy (non-hydrogen) atoms. The van der Waals surface area contributed by atoms with Crippen molar-refractivity contribution >= 4 is 17.2 Å². The molecule has 6 heteroatoms. The van der Waals surface area contributed by atoms with Crippen LogP contribution in [-0.2, 0) is 11.2 Å². The molecule has 0 aliphatic heterocycles. The van der Waals surface area contributed by atoms with E-state index in [9.17, 15) is 9.90 Å². The second-order valence-electron chi connectivity index (χ2n) is 6.65. The SMILES string of the molecule is Cc1ccc(-c2nc(CC(=O)NCC3(O)CCCCCC3)cs2)o1. The van der Waals surface area contributed by atoms with E-state index in [0.29, 0.717) is 6.54 Å². The van der Waals surface area contributed by atoms with Gasteiger partial charge in [0.25, 0.3) is 0 Å². The molecule has 1 saturated carbocycles. The molecule has 2 heterocycles. The molecule has 1 fully saturated rings. The molecule has 2 aromatic rings. The van der Waals surface area contributed by atoms with Crippen LogP contribution in [0.3, 0.4) is 0 Å². The summed E-state index contributed by atoms with van der Waals surface area (Å²) < 4.78 is 5.55. The zero-order valence-electron chi connectivity index (χ0n) is 14.0. The molecule has 0 aromatic carbocycles. The van der Waals surface area contributed by atoms with Gasteiger partial charge in [-0.25, -0.2) is 4.98 Å². The second-order valence-corrected chi connectivity index (χ2v) is 7.50. The van der Waals surface area contributed by atoms with Crippen LogP contribution in [0.4, 0.5) is 0 Å². The number of thiazole rings is 1. The second kappa shape index (κ2) is 7.49. The molecule has 0 spiro atoms. The minimum Gasteiger partial charge on any atom is -0.459 e. The third kappa shape index (κ3) is 4.45. The maximum atomic E-state index is 12.2. The number of aromatic nitrogens is 1. The highest BCUT2D eigenvalue weighted by Crippen LogP contribution is 2.27. The Labute approximate surface area is 146 Å². The first-order valence-electron chi connectivity index (χ1n) is 8.54.